The Morgan fingerprint density at radius 2 is 1.08 bits per heavy atom. The highest BCUT2D eigenvalue weighted by molar-refractivity contribution is 9.11. The summed E-state index contributed by atoms with van der Waals surface area (Å²) in [4.78, 5) is 14.4. The van der Waals surface area contributed by atoms with Gasteiger partial charge in [-0.1, -0.05) is 88.9 Å². The SMILES string of the molecule is CN1CCC(CNc2cc(-c3ccccc3Cl)nc3c(Br)cnn23)CC1.Clc1ccc(CN2CCC(CNc3cc(-c4ccccc4Cl)nc4c(Br)cnn34)CC2)cc1Cl. The Hall–Kier alpha value is -3.46. The van der Waals surface area contributed by atoms with Gasteiger partial charge in [0.25, 0.3) is 0 Å². The lowest BCUT2D eigenvalue weighted by Crippen LogP contribution is -2.35. The molecular formula is C44H44Br2Cl4N10. The maximum absolute atomic E-state index is 6.45. The summed E-state index contributed by atoms with van der Waals surface area (Å²) in [6.07, 6.45) is 8.24. The summed E-state index contributed by atoms with van der Waals surface area (Å²) < 4.78 is 5.40. The molecule has 10 nitrogen and oxygen atoms in total. The smallest absolute Gasteiger partial charge is 0.172 e. The summed E-state index contributed by atoms with van der Waals surface area (Å²) in [5, 5.41) is 18.8. The number of fused-ring (bicyclic) bond motifs is 2. The zero-order chi connectivity index (χ0) is 41.8. The molecule has 3 aromatic carbocycles. The van der Waals surface area contributed by atoms with Crippen molar-refractivity contribution in [1.29, 1.82) is 0 Å². The van der Waals surface area contributed by atoms with E-state index in [0.717, 1.165) is 113 Å². The second-order valence-corrected chi connectivity index (χ2v) is 18.8. The fraction of sp³-hybridized carbons (Fsp3) is 0.318. The maximum Gasteiger partial charge on any atom is 0.172 e. The molecule has 2 aliphatic heterocycles. The van der Waals surface area contributed by atoms with Crippen LogP contribution < -0.4 is 10.6 Å². The number of aromatic nitrogens is 6. The zero-order valence-electron chi connectivity index (χ0n) is 32.9. The van der Waals surface area contributed by atoms with Gasteiger partial charge < -0.3 is 15.5 Å². The molecule has 60 heavy (non-hydrogen) atoms. The number of anilines is 2. The number of piperidine rings is 2. The molecule has 2 N–H and O–H groups in total. The minimum Gasteiger partial charge on any atom is -0.370 e. The van der Waals surface area contributed by atoms with Gasteiger partial charge in [-0.05, 0) is 132 Å². The van der Waals surface area contributed by atoms with Gasteiger partial charge in [0.1, 0.15) is 11.6 Å². The van der Waals surface area contributed by atoms with Crippen molar-refractivity contribution < 1.29 is 0 Å². The first-order chi connectivity index (χ1) is 29.1. The highest BCUT2D eigenvalue weighted by atomic mass is 79.9. The first-order valence-electron chi connectivity index (χ1n) is 20.0. The van der Waals surface area contributed by atoms with Crippen LogP contribution in [-0.4, -0.2) is 85.3 Å². The van der Waals surface area contributed by atoms with Crippen LogP contribution in [0.15, 0.2) is 100 Å². The molecule has 7 aromatic rings. The van der Waals surface area contributed by atoms with Crippen molar-refractivity contribution in [1.82, 2.24) is 39.0 Å². The van der Waals surface area contributed by atoms with Gasteiger partial charge in [0.2, 0.25) is 0 Å². The van der Waals surface area contributed by atoms with Crippen LogP contribution in [0, 0.1) is 11.8 Å². The van der Waals surface area contributed by atoms with Crippen molar-refractivity contribution in [2.75, 3.05) is 56.9 Å². The van der Waals surface area contributed by atoms with E-state index in [-0.39, 0.29) is 0 Å². The highest BCUT2D eigenvalue weighted by Gasteiger charge is 2.22. The standard InChI is InChI=1S/C25H23BrCl3N5.C19H21BrClN5/c26-19-14-31-34-24(12-23(32-25(19)34)18-3-1-2-4-20(18)27)30-13-16-7-9-33(10-8-16)15-17-5-6-21(28)22(29)11-17;1-25-8-6-13(7-9-25)11-22-18-10-17(14-4-2-3-5-16(14)21)24-19-15(20)12-23-26(18)19/h1-6,11-12,14,16,30H,7-10,13,15H2;2-5,10,12-13,22H,6-9,11H2,1H3. The van der Waals surface area contributed by atoms with Gasteiger partial charge in [0.15, 0.2) is 11.3 Å². The zero-order valence-corrected chi connectivity index (χ0v) is 39.1. The molecule has 0 bridgehead atoms. The molecule has 0 spiro atoms. The molecule has 312 valence electrons. The topological polar surface area (TPSA) is 90.9 Å². The molecule has 2 fully saturated rings. The van der Waals surface area contributed by atoms with E-state index in [0.29, 0.717) is 31.9 Å². The molecule has 0 unspecified atom stereocenters. The van der Waals surface area contributed by atoms with Gasteiger partial charge >= 0.3 is 0 Å². The van der Waals surface area contributed by atoms with Crippen molar-refractivity contribution in [3.8, 4) is 22.5 Å². The van der Waals surface area contributed by atoms with Crippen LogP contribution in [0.2, 0.25) is 20.1 Å². The third kappa shape index (κ3) is 10.2. The number of hydrogen-bond donors (Lipinski definition) is 2. The van der Waals surface area contributed by atoms with Crippen molar-refractivity contribution in [2.45, 2.75) is 32.2 Å². The minimum absolute atomic E-state index is 0.580. The molecule has 4 aromatic heterocycles. The Morgan fingerprint density at radius 1 is 0.600 bits per heavy atom. The lowest BCUT2D eigenvalue weighted by atomic mass is 9.96. The van der Waals surface area contributed by atoms with Gasteiger partial charge in [0.05, 0.1) is 42.8 Å². The van der Waals surface area contributed by atoms with E-state index >= 15 is 0 Å². The summed E-state index contributed by atoms with van der Waals surface area (Å²) in [6, 6.07) is 25.5. The van der Waals surface area contributed by atoms with Crippen molar-refractivity contribution >= 4 is 101 Å². The van der Waals surface area contributed by atoms with E-state index in [9.17, 15) is 0 Å². The quantitative estimate of drug-likeness (QED) is 0.140. The monoisotopic (exact) mass is 1010 g/mol. The fourth-order valence-electron chi connectivity index (χ4n) is 7.75. The number of nitrogens with one attached hydrogen (secondary N) is 2. The second-order valence-electron chi connectivity index (χ2n) is 15.4. The molecule has 2 aliphatic rings. The largest absolute Gasteiger partial charge is 0.370 e. The summed E-state index contributed by atoms with van der Waals surface area (Å²) in [5.74, 6) is 3.10. The Bertz CT molecular complexity index is 2580. The van der Waals surface area contributed by atoms with E-state index < -0.39 is 0 Å². The predicted molar refractivity (Wildman–Crippen MR) is 254 cm³/mol. The van der Waals surface area contributed by atoms with Crippen molar-refractivity contribution in [3.63, 3.8) is 0 Å². The summed E-state index contributed by atoms with van der Waals surface area (Å²) in [5.41, 5.74) is 6.23. The third-order valence-corrected chi connectivity index (χ3v) is 13.8. The Balaban J connectivity index is 0.000000172. The Morgan fingerprint density at radius 3 is 1.57 bits per heavy atom. The third-order valence-electron chi connectivity index (χ3n) is 11.2. The summed E-state index contributed by atoms with van der Waals surface area (Å²) >= 11 is 32.2. The lowest BCUT2D eigenvalue weighted by Gasteiger charge is -2.32. The fourth-order valence-corrected chi connectivity index (χ4v) is 9.23. The first kappa shape index (κ1) is 43.2. The molecule has 0 atom stereocenters. The number of nitrogens with zero attached hydrogens (tertiary/aromatic N) is 8. The van der Waals surface area contributed by atoms with Crippen LogP contribution in [0.5, 0.6) is 0 Å². The molecule has 0 aliphatic carbocycles. The molecule has 9 rings (SSSR count). The molecule has 0 saturated carbocycles. The van der Waals surface area contributed by atoms with Crippen LogP contribution in [0.4, 0.5) is 11.6 Å². The number of benzene rings is 3. The minimum atomic E-state index is 0.580. The maximum atomic E-state index is 6.45. The van der Waals surface area contributed by atoms with Gasteiger partial charge in [0, 0.05) is 52.9 Å². The average molecular weight is 1010 g/mol. The number of likely N-dealkylation sites (tertiary alicyclic amines) is 2. The Labute approximate surface area is 386 Å². The lowest BCUT2D eigenvalue weighted by molar-refractivity contribution is 0.182. The second kappa shape index (κ2) is 19.7. The normalized spacial score (nSPS) is 15.7. The van der Waals surface area contributed by atoms with Crippen molar-refractivity contribution in [2.24, 2.45) is 11.8 Å². The average Bonchev–Trinajstić information content (AvgIpc) is 3.83. The van der Waals surface area contributed by atoms with Crippen LogP contribution in [0.3, 0.4) is 0 Å². The van der Waals surface area contributed by atoms with Crippen molar-refractivity contribution in [3.05, 3.63) is 126 Å². The molecule has 6 heterocycles. The van der Waals surface area contributed by atoms with Crippen LogP contribution in [-0.2, 0) is 6.54 Å². The van der Waals surface area contributed by atoms with E-state index in [2.05, 4.69) is 75.6 Å². The van der Waals surface area contributed by atoms with Crippen LogP contribution >= 0.6 is 78.3 Å². The number of rotatable bonds is 10. The molecular weight excluding hydrogens is 970 g/mol. The predicted octanol–water partition coefficient (Wildman–Crippen LogP) is 12.0. The van der Waals surface area contributed by atoms with E-state index in [4.69, 9.17) is 56.4 Å². The highest BCUT2D eigenvalue weighted by Crippen LogP contribution is 2.33. The first-order valence-corrected chi connectivity index (χ1v) is 23.1. The molecule has 0 amide bonds. The Kier molecular flexibility index (Phi) is 14.2. The molecule has 16 heteroatoms. The number of hydrogen-bond acceptors (Lipinski definition) is 8. The van der Waals surface area contributed by atoms with Gasteiger partial charge in [-0.2, -0.15) is 19.2 Å². The summed E-state index contributed by atoms with van der Waals surface area (Å²) in [6.45, 7) is 7.13. The molecule has 0 radical (unpaired) electrons. The van der Waals surface area contributed by atoms with Gasteiger partial charge in [-0.15, -0.1) is 0 Å². The van der Waals surface area contributed by atoms with E-state index in [1.54, 1.807) is 12.4 Å². The van der Waals surface area contributed by atoms with E-state index in [1.165, 1.54) is 18.4 Å². The van der Waals surface area contributed by atoms with Crippen LogP contribution in [0.25, 0.3) is 33.8 Å². The summed E-state index contributed by atoms with van der Waals surface area (Å²) in [7, 11) is 2.19. The van der Waals surface area contributed by atoms with Gasteiger partial charge in [-0.25, -0.2) is 9.97 Å². The van der Waals surface area contributed by atoms with E-state index in [1.807, 2.05) is 81.8 Å². The van der Waals surface area contributed by atoms with Crippen LogP contribution in [0.1, 0.15) is 31.2 Å². The molecule has 2 saturated heterocycles. The van der Waals surface area contributed by atoms with Gasteiger partial charge in [-0.3, -0.25) is 4.90 Å². The number of halogens is 6.